The Morgan fingerprint density at radius 2 is 2.05 bits per heavy atom. The summed E-state index contributed by atoms with van der Waals surface area (Å²) < 4.78 is 12.5. The second kappa shape index (κ2) is 6.59. The number of furan rings is 1. The number of hydrogen-bond donors (Lipinski definition) is 1. The number of halogens is 2. The van der Waals surface area contributed by atoms with Gasteiger partial charge in [0.2, 0.25) is 0 Å². The van der Waals surface area contributed by atoms with E-state index in [4.69, 9.17) is 9.15 Å². The van der Waals surface area contributed by atoms with Gasteiger partial charge in [0, 0.05) is 11.6 Å². The Morgan fingerprint density at radius 3 is 2.68 bits per heavy atom. The molecule has 19 heavy (non-hydrogen) atoms. The van der Waals surface area contributed by atoms with Crippen molar-refractivity contribution in [2.24, 2.45) is 0 Å². The number of rotatable bonds is 5. The molecule has 2 rings (SSSR count). The lowest BCUT2D eigenvalue weighted by atomic mass is 10.1. The fraction of sp³-hybridized carbons (Fsp3) is 0.286. The molecule has 1 aromatic heterocycles. The van der Waals surface area contributed by atoms with Crippen LogP contribution in [0.4, 0.5) is 0 Å². The van der Waals surface area contributed by atoms with E-state index in [2.05, 4.69) is 50.2 Å². The second-order valence-electron chi connectivity index (χ2n) is 4.18. The quantitative estimate of drug-likeness (QED) is 0.808. The highest BCUT2D eigenvalue weighted by molar-refractivity contribution is 9.13. The number of benzene rings is 1. The molecule has 0 saturated heterocycles. The average Bonchev–Trinajstić information content (AvgIpc) is 2.75. The lowest BCUT2D eigenvalue weighted by Crippen LogP contribution is -2.18. The van der Waals surface area contributed by atoms with Crippen molar-refractivity contribution in [1.82, 2.24) is 5.32 Å². The van der Waals surface area contributed by atoms with Gasteiger partial charge in [-0.2, -0.15) is 0 Å². The van der Waals surface area contributed by atoms with E-state index in [1.54, 1.807) is 7.11 Å². The van der Waals surface area contributed by atoms with Crippen molar-refractivity contribution < 1.29 is 9.15 Å². The van der Waals surface area contributed by atoms with Crippen molar-refractivity contribution in [2.45, 2.75) is 19.5 Å². The molecule has 1 atom stereocenters. The first-order chi connectivity index (χ1) is 9.11. The molecular formula is C14H15Br2NO2. The highest BCUT2D eigenvalue weighted by Crippen LogP contribution is 2.28. The maximum absolute atomic E-state index is 5.53. The molecule has 0 bridgehead atoms. The van der Waals surface area contributed by atoms with Gasteiger partial charge in [0.05, 0.1) is 18.1 Å². The van der Waals surface area contributed by atoms with Crippen LogP contribution in [0.2, 0.25) is 0 Å². The summed E-state index contributed by atoms with van der Waals surface area (Å²) in [5.41, 5.74) is 1.13. The molecular weight excluding hydrogens is 374 g/mol. The van der Waals surface area contributed by atoms with E-state index in [0.717, 1.165) is 21.5 Å². The molecule has 0 radical (unpaired) electrons. The minimum absolute atomic E-state index is 0.179. The molecule has 0 spiro atoms. The molecule has 0 aliphatic rings. The average molecular weight is 389 g/mol. The van der Waals surface area contributed by atoms with E-state index < -0.39 is 0 Å². The van der Waals surface area contributed by atoms with Crippen LogP contribution < -0.4 is 10.1 Å². The zero-order valence-electron chi connectivity index (χ0n) is 10.7. The molecule has 102 valence electrons. The Balaban J connectivity index is 2.03. The van der Waals surface area contributed by atoms with Gasteiger partial charge >= 0.3 is 0 Å². The second-order valence-corrected chi connectivity index (χ2v) is 5.75. The number of nitrogens with one attached hydrogen (secondary N) is 1. The Morgan fingerprint density at radius 1 is 1.32 bits per heavy atom. The summed E-state index contributed by atoms with van der Waals surface area (Å²) in [6.45, 7) is 2.76. The molecule has 0 aliphatic carbocycles. The third-order valence-electron chi connectivity index (χ3n) is 2.88. The van der Waals surface area contributed by atoms with E-state index in [9.17, 15) is 0 Å². The van der Waals surface area contributed by atoms with Crippen LogP contribution in [0.25, 0.3) is 0 Å². The Labute approximate surface area is 129 Å². The van der Waals surface area contributed by atoms with Crippen LogP contribution in [0.15, 0.2) is 43.9 Å². The van der Waals surface area contributed by atoms with Crippen LogP contribution in [0.1, 0.15) is 24.3 Å². The lowest BCUT2D eigenvalue weighted by molar-refractivity contribution is 0.396. The number of methoxy groups -OCH3 is 1. The highest BCUT2D eigenvalue weighted by atomic mass is 79.9. The van der Waals surface area contributed by atoms with Crippen LogP contribution in [0, 0.1) is 0 Å². The van der Waals surface area contributed by atoms with Crippen LogP contribution in [0.5, 0.6) is 5.75 Å². The molecule has 2 aromatic rings. The van der Waals surface area contributed by atoms with Crippen LogP contribution in [0.3, 0.4) is 0 Å². The van der Waals surface area contributed by atoms with E-state index in [1.807, 2.05) is 24.3 Å². The summed E-state index contributed by atoms with van der Waals surface area (Å²) in [6.07, 6.45) is 0. The Hall–Kier alpha value is -0.780. The number of para-hydroxylation sites is 1. The standard InChI is InChI=1S/C14H15Br2NO2/c1-9(11-5-3-4-6-13(11)18-2)17-8-10-7-12(15)14(16)19-10/h3-7,9,17H,8H2,1-2H3. The van der Waals surface area contributed by atoms with Gasteiger partial charge in [-0.3, -0.25) is 0 Å². The molecule has 0 aliphatic heterocycles. The largest absolute Gasteiger partial charge is 0.496 e. The van der Waals surface area contributed by atoms with Crippen LogP contribution in [-0.2, 0) is 6.54 Å². The molecule has 1 heterocycles. The van der Waals surface area contributed by atoms with Crippen LogP contribution >= 0.6 is 31.9 Å². The zero-order chi connectivity index (χ0) is 13.8. The van der Waals surface area contributed by atoms with Crippen LogP contribution in [-0.4, -0.2) is 7.11 Å². The Bertz CT molecular complexity index is 535. The fourth-order valence-electron chi connectivity index (χ4n) is 1.87. The van der Waals surface area contributed by atoms with Gasteiger partial charge < -0.3 is 14.5 Å². The molecule has 0 saturated carbocycles. The molecule has 1 unspecified atom stereocenters. The SMILES string of the molecule is COc1ccccc1C(C)NCc1cc(Br)c(Br)o1. The maximum Gasteiger partial charge on any atom is 0.183 e. The van der Waals surface area contributed by atoms with Crippen molar-refractivity contribution in [3.63, 3.8) is 0 Å². The normalized spacial score (nSPS) is 12.4. The minimum atomic E-state index is 0.179. The van der Waals surface area contributed by atoms with Crippen molar-refractivity contribution in [2.75, 3.05) is 7.11 Å². The van der Waals surface area contributed by atoms with Crippen molar-refractivity contribution >= 4 is 31.9 Å². The van der Waals surface area contributed by atoms with Gasteiger partial charge in [-0.1, -0.05) is 18.2 Å². The predicted octanol–water partition coefficient (Wildman–Crippen LogP) is 4.66. The third kappa shape index (κ3) is 3.61. The van der Waals surface area contributed by atoms with Crippen molar-refractivity contribution in [3.8, 4) is 5.75 Å². The van der Waals surface area contributed by atoms with Gasteiger partial charge in [-0.15, -0.1) is 0 Å². The van der Waals surface area contributed by atoms with Gasteiger partial charge in [0.15, 0.2) is 4.67 Å². The van der Waals surface area contributed by atoms with Gasteiger partial charge in [0.1, 0.15) is 11.5 Å². The summed E-state index contributed by atoms with van der Waals surface area (Å²) in [7, 11) is 1.69. The zero-order valence-corrected chi connectivity index (χ0v) is 13.9. The summed E-state index contributed by atoms with van der Waals surface area (Å²) in [4.78, 5) is 0. The van der Waals surface area contributed by atoms with E-state index in [-0.39, 0.29) is 6.04 Å². The predicted molar refractivity (Wildman–Crippen MR) is 82.4 cm³/mol. The molecule has 3 nitrogen and oxygen atoms in total. The van der Waals surface area contributed by atoms with Crippen molar-refractivity contribution in [1.29, 1.82) is 0 Å². The summed E-state index contributed by atoms with van der Waals surface area (Å²) >= 11 is 6.73. The number of ether oxygens (including phenoxy) is 1. The monoisotopic (exact) mass is 387 g/mol. The summed E-state index contributed by atoms with van der Waals surface area (Å²) in [6, 6.07) is 10.1. The van der Waals surface area contributed by atoms with Gasteiger partial charge in [-0.05, 0) is 50.9 Å². The first-order valence-electron chi connectivity index (χ1n) is 5.92. The first kappa shape index (κ1) is 14.6. The first-order valence-corrected chi connectivity index (χ1v) is 7.50. The fourth-order valence-corrected chi connectivity index (χ4v) is 2.52. The topological polar surface area (TPSA) is 34.4 Å². The molecule has 0 amide bonds. The third-order valence-corrected chi connectivity index (χ3v) is 4.59. The lowest BCUT2D eigenvalue weighted by Gasteiger charge is -2.16. The molecule has 0 fully saturated rings. The molecule has 1 aromatic carbocycles. The summed E-state index contributed by atoms with van der Waals surface area (Å²) in [5, 5.41) is 3.42. The summed E-state index contributed by atoms with van der Waals surface area (Å²) in [5.74, 6) is 1.77. The van der Waals surface area contributed by atoms with Gasteiger partial charge in [-0.25, -0.2) is 0 Å². The smallest absolute Gasteiger partial charge is 0.183 e. The Kier molecular flexibility index (Phi) is 5.07. The highest BCUT2D eigenvalue weighted by Gasteiger charge is 2.12. The van der Waals surface area contributed by atoms with E-state index >= 15 is 0 Å². The van der Waals surface area contributed by atoms with E-state index in [0.29, 0.717) is 11.2 Å². The maximum atomic E-state index is 5.53. The van der Waals surface area contributed by atoms with Crippen molar-refractivity contribution in [3.05, 3.63) is 50.8 Å². The number of hydrogen-bond acceptors (Lipinski definition) is 3. The van der Waals surface area contributed by atoms with E-state index in [1.165, 1.54) is 0 Å². The molecule has 1 N–H and O–H groups in total. The minimum Gasteiger partial charge on any atom is -0.496 e. The molecule has 5 heteroatoms. The van der Waals surface area contributed by atoms with Gasteiger partial charge in [0.25, 0.3) is 0 Å².